The third-order valence-electron chi connectivity index (χ3n) is 2.21. The smallest absolute Gasteiger partial charge is 0.0284 e. The van der Waals surface area contributed by atoms with Crippen LogP contribution in [0.15, 0.2) is 0 Å². The molecule has 1 aliphatic rings. The fraction of sp³-hybridized carbons (Fsp3) is 1.00. The lowest BCUT2D eigenvalue weighted by Gasteiger charge is -2.41. The van der Waals surface area contributed by atoms with E-state index < -0.39 is 0 Å². The van der Waals surface area contributed by atoms with Crippen molar-refractivity contribution in [2.45, 2.75) is 30.9 Å². The highest BCUT2D eigenvalue weighted by Crippen LogP contribution is 2.43. The second-order valence-electron chi connectivity index (χ2n) is 3.00. The average Bonchev–Trinajstić information content (AvgIpc) is 1.84. The third kappa shape index (κ3) is 1.67. The Morgan fingerprint density at radius 2 is 2.20 bits per heavy atom. The molecule has 2 heteroatoms. The highest BCUT2D eigenvalue weighted by atomic mass is 32.2. The van der Waals surface area contributed by atoms with Gasteiger partial charge in [0.2, 0.25) is 0 Å². The molecule has 0 saturated heterocycles. The molecular formula is C8H17NS. The molecule has 0 unspecified atom stereocenters. The lowest BCUT2D eigenvalue weighted by atomic mass is 9.84. The van der Waals surface area contributed by atoms with Gasteiger partial charge in [-0.3, -0.25) is 0 Å². The van der Waals surface area contributed by atoms with Gasteiger partial charge in [-0.05, 0) is 25.6 Å². The number of thioether (sulfide) groups is 1. The van der Waals surface area contributed by atoms with Crippen LogP contribution in [0.3, 0.4) is 0 Å². The van der Waals surface area contributed by atoms with E-state index in [0.717, 1.165) is 0 Å². The van der Waals surface area contributed by atoms with Crippen LogP contribution in [0.1, 0.15) is 26.2 Å². The fourth-order valence-electron chi connectivity index (χ4n) is 1.57. The summed E-state index contributed by atoms with van der Waals surface area (Å²) in [7, 11) is 2.05. The first kappa shape index (κ1) is 8.41. The Morgan fingerprint density at radius 1 is 1.50 bits per heavy atom. The molecule has 0 amide bonds. The van der Waals surface area contributed by atoms with Gasteiger partial charge in [0.15, 0.2) is 0 Å². The maximum absolute atomic E-state index is 3.27. The van der Waals surface area contributed by atoms with Crippen LogP contribution in [-0.2, 0) is 0 Å². The van der Waals surface area contributed by atoms with Gasteiger partial charge in [0.25, 0.3) is 0 Å². The van der Waals surface area contributed by atoms with Gasteiger partial charge in [-0.2, -0.15) is 11.8 Å². The van der Waals surface area contributed by atoms with E-state index in [2.05, 4.69) is 31.1 Å². The molecule has 10 heavy (non-hydrogen) atoms. The Hall–Kier alpha value is 0.310. The quantitative estimate of drug-likeness (QED) is 0.672. The summed E-state index contributed by atoms with van der Waals surface area (Å²) in [4.78, 5) is 0. The molecular weight excluding hydrogens is 142 g/mol. The Bertz CT molecular complexity index is 91.4. The molecule has 0 heterocycles. The standard InChI is InChI=1S/C8H17NS/c1-3-10-8(7-9-2)5-4-6-8/h9H,3-7H2,1-2H3. The van der Waals surface area contributed by atoms with E-state index in [0.29, 0.717) is 4.75 Å². The van der Waals surface area contributed by atoms with Crippen molar-refractivity contribution in [2.75, 3.05) is 19.3 Å². The number of hydrogen-bond acceptors (Lipinski definition) is 2. The Kier molecular flexibility index (Phi) is 3.05. The first-order valence-corrected chi connectivity index (χ1v) is 5.10. The van der Waals surface area contributed by atoms with Crippen LogP contribution >= 0.6 is 11.8 Å². The Morgan fingerprint density at radius 3 is 2.50 bits per heavy atom. The summed E-state index contributed by atoms with van der Waals surface area (Å²) in [5.74, 6) is 1.27. The molecule has 1 fully saturated rings. The van der Waals surface area contributed by atoms with E-state index in [9.17, 15) is 0 Å². The minimum atomic E-state index is 0.628. The van der Waals surface area contributed by atoms with E-state index in [1.54, 1.807) is 0 Å². The molecule has 0 atom stereocenters. The number of nitrogens with one attached hydrogen (secondary N) is 1. The minimum absolute atomic E-state index is 0.628. The van der Waals surface area contributed by atoms with E-state index in [1.165, 1.54) is 31.6 Å². The van der Waals surface area contributed by atoms with Crippen LogP contribution in [0.5, 0.6) is 0 Å². The molecule has 1 rings (SSSR count). The van der Waals surface area contributed by atoms with Gasteiger partial charge < -0.3 is 5.32 Å². The summed E-state index contributed by atoms with van der Waals surface area (Å²) in [6.07, 6.45) is 4.29. The van der Waals surface area contributed by atoms with E-state index in [-0.39, 0.29) is 0 Å². The maximum atomic E-state index is 3.27. The number of hydrogen-bond donors (Lipinski definition) is 1. The normalized spacial score (nSPS) is 22.2. The van der Waals surface area contributed by atoms with Crippen molar-refractivity contribution in [2.24, 2.45) is 0 Å². The van der Waals surface area contributed by atoms with Crippen molar-refractivity contribution in [1.29, 1.82) is 0 Å². The van der Waals surface area contributed by atoms with Gasteiger partial charge >= 0.3 is 0 Å². The molecule has 0 aromatic heterocycles. The van der Waals surface area contributed by atoms with Crippen molar-refractivity contribution in [3.8, 4) is 0 Å². The summed E-state index contributed by atoms with van der Waals surface area (Å²) in [6.45, 7) is 3.45. The first-order chi connectivity index (χ1) is 4.83. The van der Waals surface area contributed by atoms with Gasteiger partial charge in [0.05, 0.1) is 0 Å². The average molecular weight is 159 g/mol. The predicted molar refractivity (Wildman–Crippen MR) is 48.6 cm³/mol. The zero-order valence-corrected chi connectivity index (χ0v) is 7.76. The van der Waals surface area contributed by atoms with Crippen molar-refractivity contribution in [3.05, 3.63) is 0 Å². The summed E-state index contributed by atoms with van der Waals surface area (Å²) in [5.41, 5.74) is 0. The topological polar surface area (TPSA) is 12.0 Å². The predicted octanol–water partition coefficient (Wildman–Crippen LogP) is 1.88. The molecule has 0 bridgehead atoms. The zero-order valence-electron chi connectivity index (χ0n) is 6.94. The molecule has 60 valence electrons. The molecule has 0 aromatic carbocycles. The Balaban J connectivity index is 2.27. The molecule has 0 spiro atoms. The van der Waals surface area contributed by atoms with Gasteiger partial charge in [-0.15, -0.1) is 0 Å². The monoisotopic (exact) mass is 159 g/mol. The number of rotatable bonds is 4. The van der Waals surface area contributed by atoms with Crippen LogP contribution in [0.25, 0.3) is 0 Å². The summed E-state index contributed by atoms with van der Waals surface area (Å²) < 4.78 is 0.628. The highest BCUT2D eigenvalue weighted by molar-refractivity contribution is 8.00. The lowest BCUT2D eigenvalue weighted by molar-refractivity contribution is 0.353. The second kappa shape index (κ2) is 3.63. The van der Waals surface area contributed by atoms with Gasteiger partial charge in [-0.25, -0.2) is 0 Å². The van der Waals surface area contributed by atoms with E-state index in [1.807, 2.05) is 0 Å². The SMILES string of the molecule is CCSC1(CNC)CCC1. The largest absolute Gasteiger partial charge is 0.318 e. The van der Waals surface area contributed by atoms with Gasteiger partial charge in [0.1, 0.15) is 0 Å². The van der Waals surface area contributed by atoms with Crippen molar-refractivity contribution < 1.29 is 0 Å². The first-order valence-electron chi connectivity index (χ1n) is 4.11. The molecule has 1 saturated carbocycles. The lowest BCUT2D eigenvalue weighted by Crippen LogP contribution is -2.42. The Labute approximate surface area is 68.0 Å². The van der Waals surface area contributed by atoms with Crippen LogP contribution < -0.4 is 5.32 Å². The minimum Gasteiger partial charge on any atom is -0.318 e. The summed E-state index contributed by atoms with van der Waals surface area (Å²) in [5, 5.41) is 3.27. The van der Waals surface area contributed by atoms with Crippen LogP contribution in [0, 0.1) is 0 Å². The van der Waals surface area contributed by atoms with Crippen molar-refractivity contribution in [1.82, 2.24) is 5.32 Å². The van der Waals surface area contributed by atoms with E-state index >= 15 is 0 Å². The zero-order chi connectivity index (χ0) is 7.45. The van der Waals surface area contributed by atoms with Gasteiger partial charge in [0, 0.05) is 11.3 Å². The summed E-state index contributed by atoms with van der Waals surface area (Å²) >= 11 is 2.13. The summed E-state index contributed by atoms with van der Waals surface area (Å²) in [6, 6.07) is 0. The highest BCUT2D eigenvalue weighted by Gasteiger charge is 2.35. The fourth-order valence-corrected chi connectivity index (χ4v) is 3.01. The molecule has 1 nitrogen and oxygen atoms in total. The van der Waals surface area contributed by atoms with E-state index in [4.69, 9.17) is 0 Å². The molecule has 0 aromatic rings. The van der Waals surface area contributed by atoms with Crippen molar-refractivity contribution >= 4 is 11.8 Å². The molecule has 1 N–H and O–H groups in total. The van der Waals surface area contributed by atoms with Crippen LogP contribution in [-0.4, -0.2) is 24.1 Å². The maximum Gasteiger partial charge on any atom is 0.0284 e. The molecule has 1 aliphatic carbocycles. The van der Waals surface area contributed by atoms with Crippen LogP contribution in [0.2, 0.25) is 0 Å². The van der Waals surface area contributed by atoms with Crippen LogP contribution in [0.4, 0.5) is 0 Å². The van der Waals surface area contributed by atoms with Gasteiger partial charge in [-0.1, -0.05) is 13.3 Å². The molecule has 0 radical (unpaired) electrons. The second-order valence-corrected chi connectivity index (χ2v) is 4.73. The molecule has 0 aliphatic heterocycles. The third-order valence-corrected chi connectivity index (χ3v) is 3.67. The van der Waals surface area contributed by atoms with Crippen molar-refractivity contribution in [3.63, 3.8) is 0 Å².